The lowest BCUT2D eigenvalue weighted by atomic mass is 10.1. The van der Waals surface area contributed by atoms with E-state index in [4.69, 9.17) is 4.74 Å². The standard InChI is InChI=1S/C16H15NO2/c18-16-14-9-5-4-8-13(14)15(19-16)11-17-10-12-6-2-1-3-7-12/h1-9,15,17H,10-11H2. The van der Waals surface area contributed by atoms with Crippen LogP contribution in [0.4, 0.5) is 0 Å². The number of rotatable bonds is 4. The number of esters is 1. The molecule has 1 unspecified atom stereocenters. The van der Waals surface area contributed by atoms with E-state index < -0.39 is 0 Å². The van der Waals surface area contributed by atoms with Gasteiger partial charge >= 0.3 is 5.97 Å². The van der Waals surface area contributed by atoms with Crippen molar-refractivity contribution in [1.82, 2.24) is 5.32 Å². The van der Waals surface area contributed by atoms with Gasteiger partial charge in [-0.2, -0.15) is 0 Å². The predicted octanol–water partition coefficient (Wildman–Crippen LogP) is 2.69. The summed E-state index contributed by atoms with van der Waals surface area (Å²) in [5, 5.41) is 3.33. The Kier molecular flexibility index (Phi) is 3.29. The minimum atomic E-state index is -0.220. The number of ether oxygens (including phenoxy) is 1. The van der Waals surface area contributed by atoms with Gasteiger partial charge in [0.2, 0.25) is 0 Å². The summed E-state index contributed by atoms with van der Waals surface area (Å²) in [7, 11) is 0. The number of benzene rings is 2. The lowest BCUT2D eigenvalue weighted by Gasteiger charge is -2.11. The molecular formula is C16H15NO2. The van der Waals surface area contributed by atoms with Crippen LogP contribution < -0.4 is 5.32 Å². The van der Waals surface area contributed by atoms with Gasteiger partial charge in [0.15, 0.2) is 0 Å². The summed E-state index contributed by atoms with van der Waals surface area (Å²) in [6.07, 6.45) is -0.174. The Hall–Kier alpha value is -2.13. The van der Waals surface area contributed by atoms with Gasteiger partial charge in [-0.1, -0.05) is 48.5 Å². The van der Waals surface area contributed by atoms with Crippen molar-refractivity contribution >= 4 is 5.97 Å². The molecule has 3 heteroatoms. The SMILES string of the molecule is O=C1OC(CNCc2ccccc2)c2ccccc21. The van der Waals surface area contributed by atoms with Crippen LogP contribution in [0, 0.1) is 0 Å². The van der Waals surface area contributed by atoms with Crippen molar-refractivity contribution in [2.75, 3.05) is 6.54 Å². The lowest BCUT2D eigenvalue weighted by Crippen LogP contribution is -2.21. The number of fused-ring (bicyclic) bond motifs is 1. The molecule has 1 aliphatic rings. The molecular weight excluding hydrogens is 238 g/mol. The van der Waals surface area contributed by atoms with Crippen molar-refractivity contribution in [3.8, 4) is 0 Å². The fourth-order valence-corrected chi connectivity index (χ4v) is 2.31. The van der Waals surface area contributed by atoms with Gasteiger partial charge < -0.3 is 10.1 Å². The minimum absolute atomic E-state index is 0.174. The summed E-state index contributed by atoms with van der Waals surface area (Å²) in [5.41, 5.74) is 2.89. The molecule has 0 saturated carbocycles. The average molecular weight is 253 g/mol. The van der Waals surface area contributed by atoms with Crippen LogP contribution in [0.15, 0.2) is 54.6 Å². The maximum Gasteiger partial charge on any atom is 0.339 e. The highest BCUT2D eigenvalue weighted by molar-refractivity contribution is 5.94. The van der Waals surface area contributed by atoms with Gasteiger partial charge in [-0.15, -0.1) is 0 Å². The van der Waals surface area contributed by atoms with Crippen LogP contribution in [-0.4, -0.2) is 12.5 Å². The second-order valence-corrected chi connectivity index (χ2v) is 4.60. The summed E-state index contributed by atoms with van der Waals surface area (Å²) >= 11 is 0. The third-order valence-corrected chi connectivity index (χ3v) is 3.28. The second-order valence-electron chi connectivity index (χ2n) is 4.60. The zero-order chi connectivity index (χ0) is 13.1. The van der Waals surface area contributed by atoms with E-state index in [0.29, 0.717) is 12.1 Å². The fraction of sp³-hybridized carbons (Fsp3) is 0.188. The molecule has 3 nitrogen and oxygen atoms in total. The van der Waals surface area contributed by atoms with Crippen LogP contribution in [0.5, 0.6) is 0 Å². The summed E-state index contributed by atoms with van der Waals surface area (Å²) in [6, 6.07) is 17.7. The van der Waals surface area contributed by atoms with E-state index >= 15 is 0 Å². The highest BCUT2D eigenvalue weighted by Crippen LogP contribution is 2.29. The van der Waals surface area contributed by atoms with E-state index in [-0.39, 0.29) is 12.1 Å². The number of carbonyl (C=O) groups excluding carboxylic acids is 1. The first-order valence-corrected chi connectivity index (χ1v) is 6.39. The molecule has 1 heterocycles. The lowest BCUT2D eigenvalue weighted by molar-refractivity contribution is 0.0386. The smallest absolute Gasteiger partial charge is 0.339 e. The number of carbonyl (C=O) groups is 1. The summed E-state index contributed by atoms with van der Waals surface area (Å²) < 4.78 is 5.37. The minimum Gasteiger partial charge on any atom is -0.452 e. The first kappa shape index (κ1) is 11.9. The number of hydrogen-bond donors (Lipinski definition) is 1. The molecule has 3 rings (SSSR count). The van der Waals surface area contributed by atoms with Crippen LogP contribution in [0.3, 0.4) is 0 Å². The molecule has 1 aliphatic heterocycles. The maximum absolute atomic E-state index is 11.7. The second kappa shape index (κ2) is 5.24. The van der Waals surface area contributed by atoms with Gasteiger partial charge in [0, 0.05) is 18.7 Å². The Morgan fingerprint density at radius 2 is 1.74 bits per heavy atom. The van der Waals surface area contributed by atoms with E-state index in [1.165, 1.54) is 5.56 Å². The van der Waals surface area contributed by atoms with Crippen molar-refractivity contribution in [2.24, 2.45) is 0 Å². The predicted molar refractivity (Wildman–Crippen MR) is 72.7 cm³/mol. The maximum atomic E-state index is 11.7. The molecule has 19 heavy (non-hydrogen) atoms. The molecule has 1 atom stereocenters. The van der Waals surface area contributed by atoms with E-state index in [1.54, 1.807) is 0 Å². The Morgan fingerprint density at radius 1 is 1.00 bits per heavy atom. The van der Waals surface area contributed by atoms with Gasteiger partial charge in [-0.25, -0.2) is 4.79 Å². The monoisotopic (exact) mass is 253 g/mol. The highest BCUT2D eigenvalue weighted by Gasteiger charge is 2.29. The highest BCUT2D eigenvalue weighted by atomic mass is 16.5. The third-order valence-electron chi connectivity index (χ3n) is 3.28. The summed E-state index contributed by atoms with van der Waals surface area (Å²) in [6.45, 7) is 1.41. The molecule has 0 aliphatic carbocycles. The van der Waals surface area contributed by atoms with E-state index in [9.17, 15) is 4.79 Å². The van der Waals surface area contributed by atoms with Crippen molar-refractivity contribution < 1.29 is 9.53 Å². The van der Waals surface area contributed by atoms with Crippen LogP contribution in [-0.2, 0) is 11.3 Å². The van der Waals surface area contributed by atoms with Crippen molar-refractivity contribution in [2.45, 2.75) is 12.6 Å². The number of nitrogens with one attached hydrogen (secondary N) is 1. The van der Waals surface area contributed by atoms with Crippen molar-refractivity contribution in [1.29, 1.82) is 0 Å². The van der Waals surface area contributed by atoms with Crippen LogP contribution in [0.1, 0.15) is 27.6 Å². The Labute approximate surface area is 112 Å². The molecule has 96 valence electrons. The van der Waals surface area contributed by atoms with E-state index in [1.807, 2.05) is 42.5 Å². The normalized spacial score (nSPS) is 17.1. The summed E-state index contributed by atoms with van der Waals surface area (Å²) in [5.74, 6) is -0.220. The van der Waals surface area contributed by atoms with Crippen molar-refractivity contribution in [3.05, 3.63) is 71.3 Å². The molecule has 0 aromatic heterocycles. The molecule has 0 amide bonds. The van der Waals surface area contributed by atoms with Gasteiger partial charge in [0.05, 0.1) is 5.56 Å². The molecule has 0 fully saturated rings. The van der Waals surface area contributed by atoms with Crippen LogP contribution in [0.25, 0.3) is 0 Å². The van der Waals surface area contributed by atoms with Gasteiger partial charge in [0.25, 0.3) is 0 Å². The van der Waals surface area contributed by atoms with Gasteiger partial charge in [-0.3, -0.25) is 0 Å². The molecule has 2 aromatic carbocycles. The Morgan fingerprint density at radius 3 is 2.58 bits per heavy atom. The van der Waals surface area contributed by atoms with Crippen molar-refractivity contribution in [3.63, 3.8) is 0 Å². The zero-order valence-electron chi connectivity index (χ0n) is 10.5. The van der Waals surface area contributed by atoms with Gasteiger partial charge in [-0.05, 0) is 11.6 Å². The summed E-state index contributed by atoms with van der Waals surface area (Å²) in [4.78, 5) is 11.7. The third kappa shape index (κ3) is 2.51. The quantitative estimate of drug-likeness (QED) is 0.851. The first-order valence-electron chi connectivity index (χ1n) is 6.39. The molecule has 2 aromatic rings. The topological polar surface area (TPSA) is 38.3 Å². The number of cyclic esters (lactones) is 1. The largest absolute Gasteiger partial charge is 0.452 e. The van der Waals surface area contributed by atoms with E-state index in [2.05, 4.69) is 17.4 Å². The Bertz CT molecular complexity index is 580. The van der Waals surface area contributed by atoms with E-state index in [0.717, 1.165) is 12.1 Å². The van der Waals surface area contributed by atoms with Gasteiger partial charge in [0.1, 0.15) is 6.10 Å². The average Bonchev–Trinajstić information content (AvgIpc) is 2.78. The zero-order valence-corrected chi connectivity index (χ0v) is 10.5. The number of hydrogen-bond acceptors (Lipinski definition) is 3. The molecule has 1 N–H and O–H groups in total. The van der Waals surface area contributed by atoms with Crippen LogP contribution >= 0.6 is 0 Å². The molecule has 0 saturated heterocycles. The fourth-order valence-electron chi connectivity index (χ4n) is 2.31. The van der Waals surface area contributed by atoms with Crippen LogP contribution in [0.2, 0.25) is 0 Å². The Balaban J connectivity index is 1.62. The molecule has 0 radical (unpaired) electrons. The first-order chi connectivity index (χ1) is 9.34. The molecule has 0 spiro atoms. The molecule has 0 bridgehead atoms.